The van der Waals surface area contributed by atoms with Crippen LogP contribution >= 0.6 is 19.3 Å². The van der Waals surface area contributed by atoms with Gasteiger partial charge >= 0.3 is 6.18 Å². The Morgan fingerprint density at radius 1 is 1.17 bits per heavy atom. The van der Waals surface area contributed by atoms with Gasteiger partial charge in [0.05, 0.1) is 47.1 Å². The van der Waals surface area contributed by atoms with E-state index in [0.717, 1.165) is 18.8 Å². The van der Waals surface area contributed by atoms with Crippen LogP contribution in [0, 0.1) is 17.8 Å². The molecule has 0 bridgehead atoms. The number of hydrogen-bond donors (Lipinski definition) is 2. The molecule has 2 atom stereocenters. The molecule has 1 aliphatic rings. The summed E-state index contributed by atoms with van der Waals surface area (Å²) in [4.78, 5) is 2.51. The van der Waals surface area contributed by atoms with Crippen LogP contribution in [0.2, 0.25) is 0 Å². The zero-order chi connectivity index (χ0) is 29.7. The molecule has 1 fully saturated rings. The summed E-state index contributed by atoms with van der Waals surface area (Å²) in [5, 5.41) is 8.26. The smallest absolute Gasteiger partial charge is 0.393 e. The molecule has 0 aliphatic carbocycles. The highest BCUT2D eigenvalue weighted by molar-refractivity contribution is 7.64. The molecular formula is C31H38F4N3OPS. The molecule has 0 amide bonds. The second-order valence-corrected chi connectivity index (χ2v) is 14.4. The standard InChI is InChI=1S/C31H38F4N3OPS/c1-20(2)18-38-15-13-25(24(32)19-38)37-27-9-6-8-22-23(17-31(33,34)35)29(41-30(22)27)10-7-14-36-26-12-11-21(40(4)5)16-28(26)39-3/h6,8-9,11-12,16,20,24-25,36-37H,13-15,17-19H2,1-5H3. The minimum atomic E-state index is -4.38. The topological polar surface area (TPSA) is 36.5 Å². The molecule has 1 aromatic heterocycles. The number of likely N-dealkylation sites (tertiary alicyclic amines) is 1. The van der Waals surface area contributed by atoms with Crippen LogP contribution in [0.15, 0.2) is 36.4 Å². The molecule has 0 saturated carbocycles. The molecule has 41 heavy (non-hydrogen) atoms. The lowest BCUT2D eigenvalue weighted by atomic mass is 10.0. The van der Waals surface area contributed by atoms with Crippen LogP contribution in [0.4, 0.5) is 28.9 Å². The minimum Gasteiger partial charge on any atom is -0.495 e. The van der Waals surface area contributed by atoms with Gasteiger partial charge in [-0.05, 0) is 60.1 Å². The first-order chi connectivity index (χ1) is 19.4. The fourth-order valence-corrected chi connectivity index (χ4v) is 7.06. The number of nitrogens with zero attached hydrogens (tertiary/aromatic N) is 1. The summed E-state index contributed by atoms with van der Waals surface area (Å²) in [7, 11) is 1.33. The quantitative estimate of drug-likeness (QED) is 0.152. The average Bonchev–Trinajstić information content (AvgIpc) is 3.24. The third-order valence-corrected chi connectivity index (χ3v) is 9.56. The predicted octanol–water partition coefficient (Wildman–Crippen LogP) is 7.33. The van der Waals surface area contributed by atoms with Crippen molar-refractivity contribution in [2.45, 2.75) is 45.1 Å². The van der Waals surface area contributed by atoms with Crippen molar-refractivity contribution >= 4 is 46.0 Å². The lowest BCUT2D eigenvalue weighted by Crippen LogP contribution is -2.48. The maximum atomic E-state index is 15.1. The highest BCUT2D eigenvalue weighted by atomic mass is 32.1. The Hall–Kier alpha value is -2.53. The monoisotopic (exact) mass is 607 g/mol. The average molecular weight is 608 g/mol. The number of thiophene rings is 1. The third-order valence-electron chi connectivity index (χ3n) is 7.06. The highest BCUT2D eigenvalue weighted by Gasteiger charge is 2.32. The number of benzene rings is 2. The van der Waals surface area contributed by atoms with Gasteiger partial charge in [0.2, 0.25) is 0 Å². The molecule has 0 spiro atoms. The first kappa shape index (κ1) is 31.4. The van der Waals surface area contributed by atoms with E-state index in [1.807, 2.05) is 24.3 Å². The van der Waals surface area contributed by atoms with Gasteiger partial charge in [-0.1, -0.05) is 51.8 Å². The lowest BCUT2D eigenvalue weighted by Gasteiger charge is -2.36. The van der Waals surface area contributed by atoms with Gasteiger partial charge in [0.15, 0.2) is 0 Å². The van der Waals surface area contributed by atoms with Crippen molar-refractivity contribution < 1.29 is 22.3 Å². The van der Waals surface area contributed by atoms with E-state index >= 15 is 4.39 Å². The summed E-state index contributed by atoms with van der Waals surface area (Å²) >= 11 is 1.23. The molecule has 4 nitrogen and oxygen atoms in total. The van der Waals surface area contributed by atoms with Crippen molar-refractivity contribution in [3.05, 3.63) is 46.8 Å². The maximum absolute atomic E-state index is 15.1. The number of nitrogens with one attached hydrogen (secondary N) is 2. The number of ether oxygens (including phenoxy) is 1. The lowest BCUT2D eigenvalue weighted by molar-refractivity contribution is -0.126. The highest BCUT2D eigenvalue weighted by Crippen LogP contribution is 2.39. The molecule has 2 aromatic carbocycles. The van der Waals surface area contributed by atoms with E-state index in [2.05, 4.69) is 54.6 Å². The summed E-state index contributed by atoms with van der Waals surface area (Å²) in [6.45, 7) is 10.8. The van der Waals surface area contributed by atoms with Gasteiger partial charge in [0.25, 0.3) is 0 Å². The molecule has 4 rings (SSSR count). The molecule has 2 heterocycles. The summed E-state index contributed by atoms with van der Waals surface area (Å²) < 4.78 is 62.2. The summed E-state index contributed by atoms with van der Waals surface area (Å²) in [6, 6.07) is 10.8. The Morgan fingerprint density at radius 2 is 1.95 bits per heavy atom. The van der Waals surface area contributed by atoms with E-state index in [0.29, 0.717) is 45.3 Å². The number of anilines is 2. The fraction of sp³-hybridized carbons (Fsp3) is 0.484. The minimum absolute atomic E-state index is 0.165. The second kappa shape index (κ2) is 13.6. The van der Waals surface area contributed by atoms with E-state index in [1.54, 1.807) is 19.2 Å². The zero-order valence-corrected chi connectivity index (χ0v) is 25.9. The molecule has 3 aromatic rings. The van der Waals surface area contributed by atoms with Gasteiger partial charge in [-0.15, -0.1) is 11.3 Å². The van der Waals surface area contributed by atoms with Crippen molar-refractivity contribution in [1.29, 1.82) is 0 Å². The summed E-state index contributed by atoms with van der Waals surface area (Å²) in [5.74, 6) is 7.15. The van der Waals surface area contributed by atoms with Gasteiger partial charge in [0, 0.05) is 19.6 Å². The molecule has 2 N–H and O–H groups in total. The second-order valence-electron chi connectivity index (χ2n) is 11.0. The number of methoxy groups -OCH3 is 1. The molecule has 2 unspecified atom stereocenters. The molecule has 1 aliphatic heterocycles. The van der Waals surface area contributed by atoms with E-state index < -0.39 is 24.8 Å². The molecule has 1 saturated heterocycles. The van der Waals surface area contributed by atoms with Crippen molar-refractivity contribution in [2.75, 3.05) is 57.3 Å². The molecular weight excluding hydrogens is 569 g/mol. The molecule has 10 heteroatoms. The van der Waals surface area contributed by atoms with Gasteiger partial charge in [-0.2, -0.15) is 13.2 Å². The van der Waals surface area contributed by atoms with Crippen molar-refractivity contribution in [3.8, 4) is 17.6 Å². The van der Waals surface area contributed by atoms with Crippen LogP contribution in [-0.2, 0) is 6.42 Å². The number of halogens is 4. The van der Waals surface area contributed by atoms with Crippen molar-refractivity contribution in [2.24, 2.45) is 5.92 Å². The van der Waals surface area contributed by atoms with Crippen molar-refractivity contribution in [1.82, 2.24) is 4.90 Å². The molecule has 0 radical (unpaired) electrons. The van der Waals surface area contributed by atoms with Crippen LogP contribution in [-0.4, -0.2) is 69.9 Å². The predicted molar refractivity (Wildman–Crippen MR) is 167 cm³/mol. The number of hydrogen-bond acceptors (Lipinski definition) is 5. The van der Waals surface area contributed by atoms with Crippen LogP contribution in [0.25, 0.3) is 10.1 Å². The Labute approximate surface area is 245 Å². The number of piperidine rings is 1. The zero-order valence-electron chi connectivity index (χ0n) is 24.2. The number of rotatable bonds is 9. The van der Waals surface area contributed by atoms with Gasteiger partial charge in [-0.3, -0.25) is 0 Å². The van der Waals surface area contributed by atoms with E-state index in [-0.39, 0.29) is 20.0 Å². The van der Waals surface area contributed by atoms with Gasteiger partial charge < -0.3 is 20.3 Å². The number of alkyl halides is 4. The largest absolute Gasteiger partial charge is 0.495 e. The van der Waals surface area contributed by atoms with Crippen LogP contribution in [0.1, 0.15) is 30.7 Å². The Balaban J connectivity index is 1.56. The Morgan fingerprint density at radius 3 is 2.61 bits per heavy atom. The Kier molecular flexibility index (Phi) is 10.4. The van der Waals surface area contributed by atoms with E-state index in [4.69, 9.17) is 4.74 Å². The van der Waals surface area contributed by atoms with Crippen molar-refractivity contribution in [3.63, 3.8) is 0 Å². The molecule has 222 valence electrons. The summed E-state index contributed by atoms with van der Waals surface area (Å²) in [5.41, 5.74) is 1.60. The summed E-state index contributed by atoms with van der Waals surface area (Å²) in [6.07, 6.45) is -5.89. The third kappa shape index (κ3) is 8.28. The first-order valence-electron chi connectivity index (χ1n) is 13.8. The fourth-order valence-electron chi connectivity index (χ4n) is 5.14. The SMILES string of the molecule is COc1cc(P(C)C)ccc1NCC#Cc1sc2c(NC3CCN(CC(C)C)CC3F)cccc2c1CC(F)(F)F. The van der Waals surface area contributed by atoms with Crippen LogP contribution in [0.3, 0.4) is 0 Å². The van der Waals surface area contributed by atoms with Crippen LogP contribution in [0.5, 0.6) is 5.75 Å². The Bertz CT molecular complexity index is 1400. The van der Waals surface area contributed by atoms with Gasteiger partial charge in [-0.25, -0.2) is 4.39 Å². The van der Waals surface area contributed by atoms with E-state index in [1.165, 1.54) is 16.6 Å². The van der Waals surface area contributed by atoms with E-state index in [9.17, 15) is 13.2 Å². The van der Waals surface area contributed by atoms with Gasteiger partial charge in [0.1, 0.15) is 11.9 Å². The normalized spacial score (nSPS) is 18.0. The van der Waals surface area contributed by atoms with Crippen LogP contribution < -0.4 is 20.7 Å². The maximum Gasteiger partial charge on any atom is 0.393 e. The first-order valence-corrected chi connectivity index (χ1v) is 16.8. The number of fused-ring (bicyclic) bond motifs is 1.